The molecule has 21 heavy (non-hydrogen) atoms. The molecule has 0 saturated heterocycles. The molecule has 0 amide bonds. The summed E-state index contributed by atoms with van der Waals surface area (Å²) < 4.78 is 38.4. The van der Waals surface area contributed by atoms with Crippen LogP contribution >= 0.6 is 0 Å². The summed E-state index contributed by atoms with van der Waals surface area (Å²) >= 11 is 0. The Hall–Kier alpha value is -1.04. The van der Waals surface area contributed by atoms with E-state index in [-0.39, 0.29) is 18.2 Å². The minimum absolute atomic E-state index is 0.121. The van der Waals surface area contributed by atoms with Gasteiger partial charge in [-0.3, -0.25) is 0 Å². The van der Waals surface area contributed by atoms with Crippen molar-refractivity contribution in [2.45, 2.75) is 43.9 Å². The van der Waals surface area contributed by atoms with Gasteiger partial charge in [-0.2, -0.15) is 0 Å². The summed E-state index contributed by atoms with van der Waals surface area (Å²) in [4.78, 5) is 0. The fourth-order valence-corrected chi connectivity index (χ4v) is 2.82. The summed E-state index contributed by atoms with van der Waals surface area (Å²) in [7, 11) is 3.43. The SMILES string of the molecule is CNC(COC1CCCC(OC)C1)c1cccc(F)c1F. The van der Waals surface area contributed by atoms with Gasteiger partial charge in [0.15, 0.2) is 11.6 Å². The molecule has 0 radical (unpaired) electrons. The lowest BCUT2D eigenvalue weighted by Gasteiger charge is -2.29. The van der Waals surface area contributed by atoms with E-state index in [1.807, 2.05) is 0 Å². The average molecular weight is 299 g/mol. The normalized spacial score (nSPS) is 24.0. The number of rotatable bonds is 6. The number of likely N-dealkylation sites (N-methyl/N-ethyl adjacent to an activating group) is 1. The highest BCUT2D eigenvalue weighted by molar-refractivity contribution is 5.22. The zero-order valence-electron chi connectivity index (χ0n) is 12.6. The smallest absolute Gasteiger partial charge is 0.163 e. The molecule has 0 spiro atoms. The average Bonchev–Trinajstić information content (AvgIpc) is 2.52. The van der Waals surface area contributed by atoms with Gasteiger partial charge < -0.3 is 14.8 Å². The molecule has 118 valence electrons. The molecular formula is C16H23F2NO2. The van der Waals surface area contributed by atoms with Crippen LogP contribution in [0.4, 0.5) is 8.78 Å². The van der Waals surface area contributed by atoms with Crippen LogP contribution in [0.3, 0.4) is 0 Å². The number of hydrogen-bond donors (Lipinski definition) is 1. The third-order valence-electron chi connectivity index (χ3n) is 4.12. The van der Waals surface area contributed by atoms with Gasteiger partial charge in [-0.05, 0) is 38.8 Å². The molecule has 0 heterocycles. The summed E-state index contributed by atoms with van der Waals surface area (Å²) in [5.74, 6) is -1.64. The quantitative estimate of drug-likeness (QED) is 0.875. The molecule has 3 atom stereocenters. The van der Waals surface area contributed by atoms with Gasteiger partial charge in [0.25, 0.3) is 0 Å². The van der Waals surface area contributed by atoms with Crippen molar-refractivity contribution in [2.24, 2.45) is 0 Å². The molecule has 0 aromatic heterocycles. The van der Waals surface area contributed by atoms with Crippen LogP contribution in [0, 0.1) is 11.6 Å². The molecule has 0 aliphatic heterocycles. The van der Waals surface area contributed by atoms with Crippen molar-refractivity contribution in [3.8, 4) is 0 Å². The van der Waals surface area contributed by atoms with Crippen LogP contribution in [0.5, 0.6) is 0 Å². The van der Waals surface area contributed by atoms with Crippen molar-refractivity contribution < 1.29 is 18.3 Å². The molecule has 3 unspecified atom stereocenters. The van der Waals surface area contributed by atoms with Crippen molar-refractivity contribution in [2.75, 3.05) is 20.8 Å². The Kier molecular flexibility index (Phi) is 6.08. The first-order valence-corrected chi connectivity index (χ1v) is 7.41. The van der Waals surface area contributed by atoms with Crippen LogP contribution in [0.1, 0.15) is 37.3 Å². The summed E-state index contributed by atoms with van der Waals surface area (Å²) in [5.41, 5.74) is 0.302. The van der Waals surface area contributed by atoms with Crippen molar-refractivity contribution in [1.82, 2.24) is 5.32 Å². The van der Waals surface area contributed by atoms with Crippen molar-refractivity contribution in [3.63, 3.8) is 0 Å². The Morgan fingerprint density at radius 2 is 2.05 bits per heavy atom. The van der Waals surface area contributed by atoms with Crippen LogP contribution in [-0.4, -0.2) is 33.0 Å². The standard InChI is InChI=1S/C16H23F2NO2/c1-19-15(13-7-4-8-14(17)16(13)18)10-21-12-6-3-5-11(9-12)20-2/h4,7-8,11-12,15,19H,3,5-6,9-10H2,1-2H3. The fraction of sp³-hybridized carbons (Fsp3) is 0.625. The second-order valence-corrected chi connectivity index (χ2v) is 5.46. The molecule has 3 nitrogen and oxygen atoms in total. The number of ether oxygens (including phenoxy) is 2. The predicted octanol–water partition coefficient (Wildman–Crippen LogP) is 3.20. The maximum Gasteiger partial charge on any atom is 0.163 e. The summed E-state index contributed by atoms with van der Waals surface area (Å²) in [6.45, 7) is 0.317. The van der Waals surface area contributed by atoms with Crippen LogP contribution in [-0.2, 0) is 9.47 Å². The molecule has 0 bridgehead atoms. The Labute approximate surface area is 124 Å². The van der Waals surface area contributed by atoms with E-state index in [1.54, 1.807) is 20.2 Å². The van der Waals surface area contributed by atoms with Crippen molar-refractivity contribution in [1.29, 1.82) is 0 Å². The molecule has 1 fully saturated rings. The minimum atomic E-state index is -0.829. The lowest BCUT2D eigenvalue weighted by atomic mass is 9.95. The molecule has 1 aliphatic rings. The maximum absolute atomic E-state index is 13.8. The van der Waals surface area contributed by atoms with Gasteiger partial charge >= 0.3 is 0 Å². The number of halogens is 2. The van der Waals surface area contributed by atoms with Crippen molar-refractivity contribution >= 4 is 0 Å². The van der Waals surface area contributed by atoms with Crippen LogP contribution in [0.2, 0.25) is 0 Å². The molecule has 1 aromatic rings. The monoisotopic (exact) mass is 299 g/mol. The molecule has 1 aromatic carbocycles. The highest BCUT2D eigenvalue weighted by Gasteiger charge is 2.24. The highest BCUT2D eigenvalue weighted by atomic mass is 19.2. The molecule has 2 rings (SSSR count). The van der Waals surface area contributed by atoms with Gasteiger partial charge in [0.1, 0.15) is 0 Å². The van der Waals surface area contributed by atoms with Gasteiger partial charge in [0, 0.05) is 12.7 Å². The lowest BCUT2D eigenvalue weighted by Crippen LogP contribution is -2.31. The molecule has 1 N–H and O–H groups in total. The first-order chi connectivity index (χ1) is 10.2. The Morgan fingerprint density at radius 1 is 1.29 bits per heavy atom. The first-order valence-electron chi connectivity index (χ1n) is 7.41. The first kappa shape index (κ1) is 16.3. The zero-order valence-corrected chi connectivity index (χ0v) is 12.6. The summed E-state index contributed by atoms with van der Waals surface area (Å²) in [6.07, 6.45) is 4.34. The highest BCUT2D eigenvalue weighted by Crippen LogP contribution is 2.25. The number of nitrogens with one attached hydrogen (secondary N) is 1. The number of hydrogen-bond acceptors (Lipinski definition) is 3. The van der Waals surface area contributed by atoms with Crippen LogP contribution in [0.25, 0.3) is 0 Å². The molecule has 5 heteroatoms. The van der Waals surface area contributed by atoms with E-state index in [4.69, 9.17) is 9.47 Å². The molecule has 1 saturated carbocycles. The Balaban J connectivity index is 1.95. The second-order valence-electron chi connectivity index (χ2n) is 5.46. The second kappa shape index (κ2) is 7.82. The van der Waals surface area contributed by atoms with Gasteiger partial charge in [0.2, 0.25) is 0 Å². The fourth-order valence-electron chi connectivity index (χ4n) is 2.82. The van der Waals surface area contributed by atoms with Crippen LogP contribution in [0.15, 0.2) is 18.2 Å². The summed E-state index contributed by atoms with van der Waals surface area (Å²) in [5, 5.41) is 2.99. The number of methoxy groups -OCH3 is 1. The lowest BCUT2D eigenvalue weighted by molar-refractivity contribution is -0.0354. The summed E-state index contributed by atoms with van der Waals surface area (Å²) in [6, 6.07) is 3.86. The van der Waals surface area contributed by atoms with Gasteiger partial charge in [0.05, 0.1) is 24.9 Å². The van der Waals surface area contributed by atoms with E-state index < -0.39 is 11.6 Å². The van der Waals surface area contributed by atoms with Gasteiger partial charge in [-0.1, -0.05) is 12.1 Å². The Morgan fingerprint density at radius 3 is 2.76 bits per heavy atom. The largest absolute Gasteiger partial charge is 0.381 e. The number of benzene rings is 1. The minimum Gasteiger partial charge on any atom is -0.381 e. The van der Waals surface area contributed by atoms with E-state index in [9.17, 15) is 8.78 Å². The van der Waals surface area contributed by atoms with E-state index >= 15 is 0 Å². The van der Waals surface area contributed by atoms with Crippen LogP contribution < -0.4 is 5.32 Å². The maximum atomic E-state index is 13.8. The van der Waals surface area contributed by atoms with E-state index in [0.29, 0.717) is 12.2 Å². The predicted molar refractivity (Wildman–Crippen MR) is 77.2 cm³/mol. The van der Waals surface area contributed by atoms with Gasteiger partial charge in [-0.25, -0.2) is 8.78 Å². The van der Waals surface area contributed by atoms with Gasteiger partial charge in [-0.15, -0.1) is 0 Å². The third-order valence-corrected chi connectivity index (χ3v) is 4.12. The Bertz CT molecular complexity index is 456. The third kappa shape index (κ3) is 4.22. The zero-order chi connectivity index (χ0) is 15.2. The topological polar surface area (TPSA) is 30.5 Å². The van der Waals surface area contributed by atoms with E-state index in [0.717, 1.165) is 31.7 Å². The van der Waals surface area contributed by atoms with E-state index in [1.165, 1.54) is 6.07 Å². The molecule has 1 aliphatic carbocycles. The molecular weight excluding hydrogens is 276 g/mol. The van der Waals surface area contributed by atoms with Crippen molar-refractivity contribution in [3.05, 3.63) is 35.4 Å². The van der Waals surface area contributed by atoms with E-state index in [2.05, 4.69) is 5.32 Å².